The zero-order chi connectivity index (χ0) is 12.4. The molecule has 0 aliphatic heterocycles. The van der Waals surface area contributed by atoms with E-state index in [4.69, 9.17) is 9.47 Å². The van der Waals surface area contributed by atoms with Crippen molar-refractivity contribution in [3.63, 3.8) is 0 Å². The normalized spacial score (nSPS) is 10.6. The summed E-state index contributed by atoms with van der Waals surface area (Å²) in [5, 5.41) is 0.762. The van der Waals surface area contributed by atoms with Crippen molar-refractivity contribution in [2.75, 3.05) is 13.7 Å². The molecule has 2 aromatic rings. The molecular formula is C13H12F2O2. The molecule has 0 spiro atoms. The Kier molecular flexibility index (Phi) is 3.13. The zero-order valence-corrected chi connectivity index (χ0v) is 9.59. The maximum absolute atomic E-state index is 13.8. The summed E-state index contributed by atoms with van der Waals surface area (Å²) in [6, 6.07) is 6.33. The van der Waals surface area contributed by atoms with Gasteiger partial charge in [-0.05, 0) is 30.5 Å². The first-order chi connectivity index (χ1) is 8.17. The summed E-state index contributed by atoms with van der Waals surface area (Å²) in [5.41, 5.74) is 0. The van der Waals surface area contributed by atoms with Crippen molar-refractivity contribution in [3.8, 4) is 11.5 Å². The molecule has 0 heterocycles. The van der Waals surface area contributed by atoms with Crippen LogP contribution in [0.1, 0.15) is 6.92 Å². The van der Waals surface area contributed by atoms with Crippen molar-refractivity contribution < 1.29 is 18.3 Å². The van der Waals surface area contributed by atoms with E-state index in [1.54, 1.807) is 12.1 Å². The van der Waals surface area contributed by atoms with E-state index in [1.807, 2.05) is 6.92 Å². The first-order valence-corrected chi connectivity index (χ1v) is 5.26. The minimum Gasteiger partial charge on any atom is -0.494 e. The predicted molar refractivity (Wildman–Crippen MR) is 61.6 cm³/mol. The third-order valence-corrected chi connectivity index (χ3v) is 2.49. The fourth-order valence-electron chi connectivity index (χ4n) is 1.69. The number of hydrogen-bond donors (Lipinski definition) is 0. The van der Waals surface area contributed by atoms with Crippen LogP contribution in [0.5, 0.6) is 11.5 Å². The molecule has 0 aliphatic rings. The minimum atomic E-state index is -0.978. The number of hydrogen-bond acceptors (Lipinski definition) is 2. The topological polar surface area (TPSA) is 18.5 Å². The largest absolute Gasteiger partial charge is 0.494 e. The van der Waals surface area contributed by atoms with E-state index in [0.717, 1.165) is 0 Å². The molecule has 0 saturated heterocycles. The Labute approximate surface area is 97.8 Å². The highest BCUT2D eigenvalue weighted by atomic mass is 19.2. The molecule has 17 heavy (non-hydrogen) atoms. The first kappa shape index (κ1) is 11.6. The van der Waals surface area contributed by atoms with Crippen LogP contribution in [-0.4, -0.2) is 13.7 Å². The second kappa shape index (κ2) is 4.57. The molecule has 0 saturated carbocycles. The van der Waals surface area contributed by atoms with E-state index in [0.29, 0.717) is 17.7 Å². The quantitative estimate of drug-likeness (QED) is 0.814. The Morgan fingerprint density at radius 3 is 2.53 bits per heavy atom. The van der Waals surface area contributed by atoms with Gasteiger partial charge in [-0.2, -0.15) is 4.39 Å². The van der Waals surface area contributed by atoms with Crippen molar-refractivity contribution in [3.05, 3.63) is 35.9 Å². The van der Waals surface area contributed by atoms with E-state index in [2.05, 4.69) is 0 Å². The summed E-state index contributed by atoms with van der Waals surface area (Å²) >= 11 is 0. The summed E-state index contributed by atoms with van der Waals surface area (Å²) in [7, 11) is 1.30. The van der Waals surface area contributed by atoms with Crippen LogP contribution in [0.4, 0.5) is 8.78 Å². The summed E-state index contributed by atoms with van der Waals surface area (Å²) in [4.78, 5) is 0. The van der Waals surface area contributed by atoms with Crippen LogP contribution >= 0.6 is 0 Å². The lowest BCUT2D eigenvalue weighted by molar-refractivity contribution is 0.340. The van der Waals surface area contributed by atoms with Gasteiger partial charge in [0.1, 0.15) is 5.75 Å². The van der Waals surface area contributed by atoms with E-state index < -0.39 is 11.6 Å². The van der Waals surface area contributed by atoms with E-state index in [1.165, 1.54) is 19.2 Å². The second-order valence-electron chi connectivity index (χ2n) is 3.52. The number of halogens is 2. The molecule has 90 valence electrons. The number of rotatable bonds is 3. The van der Waals surface area contributed by atoms with E-state index in [9.17, 15) is 8.78 Å². The van der Waals surface area contributed by atoms with Gasteiger partial charge in [-0.3, -0.25) is 0 Å². The Morgan fingerprint density at radius 2 is 1.88 bits per heavy atom. The molecule has 0 N–H and O–H groups in total. The van der Waals surface area contributed by atoms with Gasteiger partial charge in [-0.25, -0.2) is 4.39 Å². The molecule has 0 aromatic heterocycles. The van der Waals surface area contributed by atoms with Crippen LogP contribution in [0.15, 0.2) is 24.3 Å². The fourth-order valence-corrected chi connectivity index (χ4v) is 1.69. The van der Waals surface area contributed by atoms with Crippen LogP contribution in [-0.2, 0) is 0 Å². The van der Waals surface area contributed by atoms with Gasteiger partial charge < -0.3 is 9.47 Å². The van der Waals surface area contributed by atoms with Gasteiger partial charge in [-0.15, -0.1) is 0 Å². The van der Waals surface area contributed by atoms with Crippen molar-refractivity contribution in [1.82, 2.24) is 0 Å². The first-order valence-electron chi connectivity index (χ1n) is 5.26. The van der Waals surface area contributed by atoms with Crippen LogP contribution in [0.25, 0.3) is 10.8 Å². The SMILES string of the molecule is CCOc1ccc2cc(OC)c(F)c(F)c2c1. The summed E-state index contributed by atoms with van der Waals surface area (Å²) in [5.74, 6) is -1.47. The Hall–Kier alpha value is -1.84. The van der Waals surface area contributed by atoms with Crippen molar-refractivity contribution in [2.24, 2.45) is 0 Å². The smallest absolute Gasteiger partial charge is 0.201 e. The number of fused-ring (bicyclic) bond motifs is 1. The van der Waals surface area contributed by atoms with Gasteiger partial charge in [0.2, 0.25) is 5.82 Å². The summed E-state index contributed by atoms with van der Waals surface area (Å²) in [6.45, 7) is 2.31. The van der Waals surface area contributed by atoms with E-state index in [-0.39, 0.29) is 11.1 Å². The lowest BCUT2D eigenvalue weighted by Crippen LogP contribution is -1.95. The molecule has 0 bridgehead atoms. The van der Waals surface area contributed by atoms with Gasteiger partial charge in [-0.1, -0.05) is 6.07 Å². The fraction of sp³-hybridized carbons (Fsp3) is 0.231. The van der Waals surface area contributed by atoms with Gasteiger partial charge in [0.25, 0.3) is 0 Å². The lowest BCUT2D eigenvalue weighted by Gasteiger charge is -2.08. The molecule has 0 aliphatic carbocycles. The van der Waals surface area contributed by atoms with Crippen LogP contribution in [0.2, 0.25) is 0 Å². The molecule has 2 aromatic carbocycles. The molecule has 2 nitrogen and oxygen atoms in total. The van der Waals surface area contributed by atoms with E-state index >= 15 is 0 Å². The van der Waals surface area contributed by atoms with Crippen LogP contribution < -0.4 is 9.47 Å². The third kappa shape index (κ3) is 2.02. The highest BCUT2D eigenvalue weighted by Gasteiger charge is 2.14. The second-order valence-corrected chi connectivity index (χ2v) is 3.52. The molecule has 0 unspecified atom stereocenters. The minimum absolute atomic E-state index is 0.0980. The average Bonchev–Trinajstić information content (AvgIpc) is 2.34. The van der Waals surface area contributed by atoms with Crippen LogP contribution in [0, 0.1) is 11.6 Å². The maximum atomic E-state index is 13.8. The van der Waals surface area contributed by atoms with Crippen LogP contribution in [0.3, 0.4) is 0 Å². The van der Waals surface area contributed by atoms with Crippen molar-refractivity contribution in [2.45, 2.75) is 6.92 Å². The molecule has 0 amide bonds. The highest BCUT2D eigenvalue weighted by Crippen LogP contribution is 2.30. The molecule has 0 fully saturated rings. The highest BCUT2D eigenvalue weighted by molar-refractivity contribution is 5.86. The number of benzene rings is 2. The number of methoxy groups -OCH3 is 1. The third-order valence-electron chi connectivity index (χ3n) is 2.49. The Balaban J connectivity index is 2.65. The molecule has 0 radical (unpaired) electrons. The molecule has 4 heteroatoms. The number of ether oxygens (including phenoxy) is 2. The monoisotopic (exact) mass is 238 g/mol. The standard InChI is InChI=1S/C13H12F2O2/c1-3-17-9-5-4-8-6-11(16-2)13(15)12(14)10(8)7-9/h4-7H,3H2,1-2H3. The zero-order valence-electron chi connectivity index (χ0n) is 9.59. The Bertz CT molecular complexity index is 553. The van der Waals surface area contributed by atoms with Crippen molar-refractivity contribution >= 4 is 10.8 Å². The van der Waals surface area contributed by atoms with Gasteiger partial charge in [0.15, 0.2) is 11.6 Å². The average molecular weight is 238 g/mol. The summed E-state index contributed by atoms with van der Waals surface area (Å²) in [6.07, 6.45) is 0. The van der Waals surface area contributed by atoms with Gasteiger partial charge >= 0.3 is 0 Å². The van der Waals surface area contributed by atoms with Gasteiger partial charge in [0, 0.05) is 5.39 Å². The lowest BCUT2D eigenvalue weighted by atomic mass is 10.1. The van der Waals surface area contributed by atoms with Crippen molar-refractivity contribution in [1.29, 1.82) is 0 Å². The summed E-state index contributed by atoms with van der Waals surface area (Å²) < 4.78 is 37.3. The molecule has 0 atom stereocenters. The predicted octanol–water partition coefficient (Wildman–Crippen LogP) is 3.53. The molecule has 2 rings (SSSR count). The Morgan fingerprint density at radius 1 is 1.12 bits per heavy atom. The maximum Gasteiger partial charge on any atom is 0.201 e. The molecular weight excluding hydrogens is 226 g/mol. The van der Waals surface area contributed by atoms with Gasteiger partial charge in [0.05, 0.1) is 13.7 Å².